The van der Waals surface area contributed by atoms with Crippen LogP contribution in [0.4, 0.5) is 14.0 Å². The summed E-state index contributed by atoms with van der Waals surface area (Å²) in [5.41, 5.74) is 0.383. The zero-order chi connectivity index (χ0) is 32.7. The van der Waals surface area contributed by atoms with Crippen LogP contribution in [0.1, 0.15) is 76.8 Å². The fourth-order valence-corrected chi connectivity index (χ4v) is 7.25. The molecule has 1 aromatic rings. The molecule has 0 bridgehead atoms. The Labute approximate surface area is 268 Å². The van der Waals surface area contributed by atoms with E-state index in [4.69, 9.17) is 14.1 Å². The van der Waals surface area contributed by atoms with Crippen molar-refractivity contribution in [2.75, 3.05) is 13.2 Å². The quantitative estimate of drug-likeness (QED) is 0.385. The number of carbonyl (C=O) groups excluding carboxylic acids is 4. The Morgan fingerprint density at radius 2 is 1.80 bits per heavy atom. The molecule has 1 aromatic carbocycles. The molecule has 3 aliphatic heterocycles. The molecular weight excluding hydrogens is 598 g/mol. The maximum absolute atomic E-state index is 14.3. The highest BCUT2D eigenvalue weighted by Gasteiger charge is 2.51. The van der Waals surface area contributed by atoms with Gasteiger partial charge in [0.2, 0.25) is 11.8 Å². The van der Waals surface area contributed by atoms with Crippen molar-refractivity contribution in [3.63, 3.8) is 0 Å². The second-order valence-corrected chi connectivity index (χ2v) is 14.5. The molecule has 0 aromatic heterocycles. The van der Waals surface area contributed by atoms with Gasteiger partial charge in [-0.15, -0.1) is 0 Å². The normalized spacial score (nSPS) is 27.0. The summed E-state index contributed by atoms with van der Waals surface area (Å²) in [5, 5.41) is 16.2. The van der Waals surface area contributed by atoms with Crippen LogP contribution >= 0.6 is 0 Å². The molecule has 4 fully saturated rings. The van der Waals surface area contributed by atoms with Crippen molar-refractivity contribution < 1.29 is 42.7 Å². The average Bonchev–Trinajstić information content (AvgIpc) is 3.36. The number of hydrogen-bond donors (Lipinski definition) is 3. The summed E-state index contributed by atoms with van der Waals surface area (Å²) in [6.07, 6.45) is 3.11. The number of fused-ring (bicyclic) bond motifs is 1. The van der Waals surface area contributed by atoms with E-state index in [9.17, 15) is 28.6 Å². The van der Waals surface area contributed by atoms with E-state index in [-0.39, 0.29) is 38.1 Å². The van der Waals surface area contributed by atoms with E-state index < -0.39 is 66.5 Å². The minimum atomic E-state index is -1.17. The molecule has 6 rings (SSSR count). The number of likely N-dealkylation sites (tertiary alicyclic amines) is 1. The molecule has 2 unspecified atom stereocenters. The van der Waals surface area contributed by atoms with Gasteiger partial charge in [-0.2, -0.15) is 0 Å². The number of alkyl carbamates (subject to hydrolysis) is 1. The predicted octanol–water partition coefficient (Wildman–Crippen LogP) is 2.89. The number of ether oxygens (including phenoxy) is 2. The van der Waals surface area contributed by atoms with Crippen LogP contribution in [-0.4, -0.2) is 89.3 Å². The highest BCUT2D eigenvalue weighted by atomic mass is 19.1. The monoisotopic (exact) mass is 642 g/mol. The fourth-order valence-electron chi connectivity index (χ4n) is 7.25. The van der Waals surface area contributed by atoms with Gasteiger partial charge in [-0.1, -0.05) is 32.9 Å². The van der Waals surface area contributed by atoms with Gasteiger partial charge < -0.3 is 34.7 Å². The van der Waals surface area contributed by atoms with Crippen molar-refractivity contribution in [2.24, 2.45) is 17.3 Å². The Bertz CT molecular complexity index is 1350. The first-order valence-corrected chi connectivity index (χ1v) is 16.5. The molecule has 4 amide bonds. The number of hydrogen-bond acceptors (Lipinski definition) is 8. The van der Waals surface area contributed by atoms with Crippen LogP contribution in [0.15, 0.2) is 18.2 Å². The Balaban J connectivity index is 1.18. The van der Waals surface area contributed by atoms with Crippen LogP contribution in [-0.2, 0) is 36.8 Å². The predicted molar refractivity (Wildman–Crippen MR) is 163 cm³/mol. The number of benzene rings is 1. The summed E-state index contributed by atoms with van der Waals surface area (Å²) in [5.74, 6) is -1.71. The van der Waals surface area contributed by atoms with E-state index in [1.54, 1.807) is 12.1 Å². The SMILES string of the molecule is CC(C)(C)[C@H](NC(=O)OC1CCCC1)C(=O)N1C[C@H](OC(=O)N2Cc3cccc(F)c3C2)C[C@H]1C(=O)NC1B(O)OCC1C1CC1. The maximum atomic E-state index is 14.3. The Kier molecular flexibility index (Phi) is 9.21. The molecule has 3 N–H and O–H groups in total. The topological polar surface area (TPSA) is 147 Å². The smallest absolute Gasteiger partial charge is 0.446 e. The third kappa shape index (κ3) is 6.97. The highest BCUT2D eigenvalue weighted by molar-refractivity contribution is 6.46. The van der Waals surface area contributed by atoms with Gasteiger partial charge in [-0.05, 0) is 61.5 Å². The third-order valence-electron chi connectivity index (χ3n) is 10.0. The van der Waals surface area contributed by atoms with E-state index in [1.807, 2.05) is 20.8 Å². The molecule has 12 nitrogen and oxygen atoms in total. The summed E-state index contributed by atoms with van der Waals surface area (Å²) in [7, 11) is -1.17. The van der Waals surface area contributed by atoms with Gasteiger partial charge in [-0.3, -0.25) is 14.5 Å². The Morgan fingerprint density at radius 1 is 1.07 bits per heavy atom. The summed E-state index contributed by atoms with van der Waals surface area (Å²) in [6.45, 7) is 5.93. The fraction of sp³-hybridized carbons (Fsp3) is 0.688. The van der Waals surface area contributed by atoms with Crippen molar-refractivity contribution >= 4 is 31.1 Å². The lowest BCUT2D eigenvalue weighted by Gasteiger charge is -2.35. The van der Waals surface area contributed by atoms with E-state index in [2.05, 4.69) is 10.6 Å². The van der Waals surface area contributed by atoms with E-state index in [0.717, 1.165) is 38.5 Å². The van der Waals surface area contributed by atoms with Gasteiger partial charge in [0.05, 0.1) is 19.0 Å². The summed E-state index contributed by atoms with van der Waals surface area (Å²) >= 11 is 0. The first kappa shape index (κ1) is 32.6. The molecule has 3 heterocycles. The highest BCUT2D eigenvalue weighted by Crippen LogP contribution is 2.41. The summed E-state index contributed by atoms with van der Waals surface area (Å²) in [4.78, 5) is 57.0. The molecule has 2 saturated carbocycles. The minimum Gasteiger partial charge on any atom is -0.446 e. The largest absolute Gasteiger partial charge is 0.478 e. The molecule has 0 spiro atoms. The molecule has 46 heavy (non-hydrogen) atoms. The molecule has 2 aliphatic carbocycles. The first-order chi connectivity index (χ1) is 21.9. The van der Waals surface area contributed by atoms with Gasteiger partial charge >= 0.3 is 19.3 Å². The molecule has 250 valence electrons. The van der Waals surface area contributed by atoms with Crippen LogP contribution in [0.3, 0.4) is 0 Å². The van der Waals surface area contributed by atoms with E-state index in [1.165, 1.54) is 15.9 Å². The zero-order valence-electron chi connectivity index (χ0n) is 26.7. The molecule has 5 aliphatic rings. The lowest BCUT2D eigenvalue weighted by Crippen LogP contribution is -2.59. The summed E-state index contributed by atoms with van der Waals surface area (Å²) < 4.78 is 31.2. The van der Waals surface area contributed by atoms with Gasteiger partial charge in [0, 0.05) is 31.1 Å². The Hall–Kier alpha value is -3.39. The zero-order valence-corrected chi connectivity index (χ0v) is 26.7. The molecule has 14 heteroatoms. The third-order valence-corrected chi connectivity index (χ3v) is 10.0. The number of carbonyl (C=O) groups is 4. The van der Waals surface area contributed by atoms with E-state index >= 15 is 0 Å². The van der Waals surface area contributed by atoms with Crippen LogP contribution < -0.4 is 10.6 Å². The number of nitrogens with one attached hydrogen (secondary N) is 2. The maximum Gasteiger partial charge on any atom is 0.478 e. The van der Waals surface area contributed by atoms with Gasteiger partial charge in [-0.25, -0.2) is 14.0 Å². The van der Waals surface area contributed by atoms with Crippen molar-refractivity contribution in [2.45, 2.75) is 109 Å². The number of nitrogens with zero attached hydrogens (tertiary/aromatic N) is 2. The molecule has 0 radical (unpaired) electrons. The second-order valence-electron chi connectivity index (χ2n) is 14.5. The van der Waals surface area contributed by atoms with Crippen LogP contribution in [0, 0.1) is 23.1 Å². The first-order valence-electron chi connectivity index (χ1n) is 16.5. The van der Waals surface area contributed by atoms with Gasteiger partial charge in [0.1, 0.15) is 30.1 Å². The minimum absolute atomic E-state index is 0.0135. The van der Waals surface area contributed by atoms with Gasteiger partial charge in [0.15, 0.2) is 0 Å². The van der Waals surface area contributed by atoms with Crippen LogP contribution in [0.2, 0.25) is 0 Å². The number of rotatable bonds is 7. The second kappa shape index (κ2) is 13.0. The van der Waals surface area contributed by atoms with Crippen LogP contribution in [0.25, 0.3) is 0 Å². The molecule has 2 saturated heterocycles. The van der Waals surface area contributed by atoms with Crippen LogP contribution in [0.5, 0.6) is 0 Å². The summed E-state index contributed by atoms with van der Waals surface area (Å²) in [6, 6.07) is 2.62. The number of amides is 4. The number of halogens is 1. The van der Waals surface area contributed by atoms with E-state index in [0.29, 0.717) is 23.7 Å². The standard InChI is InChI=1S/C32H44BFN4O8/c1-32(2,3)26(35-30(41)45-20-8-4-5-9-20)29(40)38-15-21(46-31(42)37-14-19-7-6-10-24(34)22(19)16-37)13-25(38)28(39)36-27-23(18-11-12-18)17-44-33(27)43/h6-7,10,18,20-21,23,25-27,43H,4-5,8-9,11-17H2,1-3H3,(H,35,41)(H,36,39)/t21-,23?,25+,26-,27?/m1/s1. The molecular formula is C32H44BFN4O8. The van der Waals surface area contributed by atoms with Crippen molar-refractivity contribution in [1.82, 2.24) is 20.4 Å². The lowest BCUT2D eigenvalue weighted by atomic mass is 9.73. The lowest BCUT2D eigenvalue weighted by molar-refractivity contribution is -0.142. The van der Waals surface area contributed by atoms with Crippen molar-refractivity contribution in [1.29, 1.82) is 0 Å². The van der Waals surface area contributed by atoms with Crippen molar-refractivity contribution in [3.05, 3.63) is 35.1 Å². The van der Waals surface area contributed by atoms with Crippen molar-refractivity contribution in [3.8, 4) is 0 Å². The Morgan fingerprint density at radius 3 is 2.48 bits per heavy atom. The van der Waals surface area contributed by atoms with Gasteiger partial charge in [0.25, 0.3) is 0 Å². The molecule has 5 atom stereocenters. The average molecular weight is 643 g/mol.